The smallest absolute Gasteiger partial charge is 0.253 e. The number of halogens is 2. The molecule has 2 aromatic rings. The van der Waals surface area contributed by atoms with Crippen LogP contribution in [0.3, 0.4) is 0 Å². The Morgan fingerprint density at radius 2 is 2.08 bits per heavy atom. The summed E-state index contributed by atoms with van der Waals surface area (Å²) in [6.07, 6.45) is 1.56. The van der Waals surface area contributed by atoms with Crippen LogP contribution in [0, 0.1) is 4.77 Å². The van der Waals surface area contributed by atoms with E-state index in [2.05, 4.69) is 20.2 Å². The van der Waals surface area contributed by atoms with Crippen LogP contribution in [0.5, 0.6) is 0 Å². The summed E-state index contributed by atoms with van der Waals surface area (Å²) in [4.78, 5) is 12.3. The number of aromatic nitrogens is 3. The molecular formula is C14H15Cl2N5O3S2. The van der Waals surface area contributed by atoms with Crippen LogP contribution in [0.1, 0.15) is 29.0 Å². The molecule has 0 spiro atoms. The third-order valence-corrected chi connectivity index (χ3v) is 6.50. The molecule has 1 aromatic heterocycles. The van der Waals surface area contributed by atoms with Crippen molar-refractivity contribution in [3.8, 4) is 0 Å². The van der Waals surface area contributed by atoms with Crippen molar-refractivity contribution in [1.29, 1.82) is 0 Å². The maximum absolute atomic E-state index is 12.5. The van der Waals surface area contributed by atoms with Crippen LogP contribution < -0.4 is 10.0 Å². The number of hydrogen-bond donors (Lipinski definition) is 3. The van der Waals surface area contributed by atoms with E-state index in [0.717, 1.165) is 12.8 Å². The van der Waals surface area contributed by atoms with Gasteiger partial charge >= 0.3 is 0 Å². The Morgan fingerprint density at radius 3 is 2.65 bits per heavy atom. The summed E-state index contributed by atoms with van der Waals surface area (Å²) in [6, 6.07) is 2.33. The molecular weight excluding hydrogens is 421 g/mol. The van der Waals surface area contributed by atoms with Crippen molar-refractivity contribution >= 4 is 51.4 Å². The zero-order chi connectivity index (χ0) is 19.1. The van der Waals surface area contributed by atoms with E-state index in [1.54, 1.807) is 11.6 Å². The van der Waals surface area contributed by atoms with Crippen LogP contribution in [-0.2, 0) is 23.6 Å². The Labute approximate surface area is 164 Å². The zero-order valence-corrected chi connectivity index (χ0v) is 16.7. The first kappa shape index (κ1) is 19.3. The highest BCUT2D eigenvalue weighted by Crippen LogP contribution is 2.30. The number of carbonyl (C=O) groups excluding carboxylic acids is 1. The van der Waals surface area contributed by atoms with E-state index in [1.165, 1.54) is 12.1 Å². The van der Waals surface area contributed by atoms with Crippen molar-refractivity contribution in [2.45, 2.75) is 30.3 Å². The van der Waals surface area contributed by atoms with Crippen molar-refractivity contribution in [3.63, 3.8) is 0 Å². The minimum Gasteiger partial charge on any atom is -0.345 e. The highest BCUT2D eigenvalue weighted by Gasteiger charge is 2.30. The van der Waals surface area contributed by atoms with Crippen molar-refractivity contribution < 1.29 is 13.2 Å². The van der Waals surface area contributed by atoms with E-state index in [0.29, 0.717) is 10.6 Å². The molecule has 1 heterocycles. The summed E-state index contributed by atoms with van der Waals surface area (Å²) in [5, 5.41) is 9.22. The minimum atomic E-state index is -3.83. The van der Waals surface area contributed by atoms with Crippen LogP contribution >= 0.6 is 35.4 Å². The highest BCUT2D eigenvalue weighted by molar-refractivity contribution is 7.89. The predicted molar refractivity (Wildman–Crippen MR) is 99.4 cm³/mol. The molecule has 140 valence electrons. The average molecular weight is 436 g/mol. The second-order valence-electron chi connectivity index (χ2n) is 5.84. The molecule has 0 radical (unpaired) electrons. The van der Waals surface area contributed by atoms with Gasteiger partial charge in [-0.2, -0.15) is 5.10 Å². The van der Waals surface area contributed by atoms with E-state index in [-0.39, 0.29) is 33.1 Å². The first-order valence-electron chi connectivity index (χ1n) is 7.59. The number of nitrogens with zero attached hydrogens (tertiary/aromatic N) is 2. The molecule has 3 rings (SSSR count). The van der Waals surface area contributed by atoms with Crippen LogP contribution in [0.25, 0.3) is 0 Å². The quantitative estimate of drug-likeness (QED) is 0.602. The lowest BCUT2D eigenvalue weighted by Crippen LogP contribution is -2.28. The first-order valence-corrected chi connectivity index (χ1v) is 10.2. The van der Waals surface area contributed by atoms with Gasteiger partial charge in [-0.25, -0.2) is 13.1 Å². The fraction of sp³-hybridized carbons (Fsp3) is 0.357. The number of carbonyl (C=O) groups is 1. The van der Waals surface area contributed by atoms with Crippen LogP contribution in [0.4, 0.5) is 0 Å². The lowest BCUT2D eigenvalue weighted by molar-refractivity contribution is 0.0949. The Balaban J connectivity index is 1.84. The van der Waals surface area contributed by atoms with Gasteiger partial charge in [-0.3, -0.25) is 9.89 Å². The Morgan fingerprint density at radius 1 is 1.38 bits per heavy atom. The first-order chi connectivity index (χ1) is 12.2. The normalized spacial score (nSPS) is 14.4. The van der Waals surface area contributed by atoms with Crippen LogP contribution in [0.2, 0.25) is 10.0 Å². The number of nitrogens with one attached hydrogen (secondary N) is 3. The predicted octanol–water partition coefficient (Wildman–Crippen LogP) is 2.16. The number of hydrogen-bond acceptors (Lipinski definition) is 5. The molecule has 0 bridgehead atoms. The molecule has 12 heteroatoms. The number of aromatic amines is 1. The summed E-state index contributed by atoms with van der Waals surface area (Å²) in [7, 11) is -2.12. The molecule has 1 fully saturated rings. The van der Waals surface area contributed by atoms with Gasteiger partial charge in [0.15, 0.2) is 10.6 Å². The number of sulfonamides is 1. The fourth-order valence-electron chi connectivity index (χ4n) is 2.19. The summed E-state index contributed by atoms with van der Waals surface area (Å²) in [5.74, 6) is -0.0415. The molecule has 1 saturated carbocycles. The molecule has 0 atom stereocenters. The Bertz CT molecular complexity index is 1030. The number of rotatable bonds is 6. The van der Waals surface area contributed by atoms with E-state index < -0.39 is 15.9 Å². The van der Waals surface area contributed by atoms with E-state index in [1.807, 2.05) is 0 Å². The molecule has 0 saturated heterocycles. The van der Waals surface area contributed by atoms with Crippen molar-refractivity contribution in [2.24, 2.45) is 7.05 Å². The highest BCUT2D eigenvalue weighted by atomic mass is 35.5. The van der Waals surface area contributed by atoms with Crippen LogP contribution in [0.15, 0.2) is 17.0 Å². The second kappa shape index (κ2) is 7.28. The molecule has 8 nitrogen and oxygen atoms in total. The van der Waals surface area contributed by atoms with Gasteiger partial charge in [0.25, 0.3) is 5.91 Å². The van der Waals surface area contributed by atoms with Gasteiger partial charge in [-0.15, -0.1) is 0 Å². The maximum Gasteiger partial charge on any atom is 0.253 e. The monoisotopic (exact) mass is 435 g/mol. The van der Waals surface area contributed by atoms with Gasteiger partial charge in [0.1, 0.15) is 4.90 Å². The lowest BCUT2D eigenvalue weighted by Gasteiger charge is -2.11. The molecule has 1 amide bonds. The molecule has 1 aromatic carbocycles. The van der Waals surface area contributed by atoms with Gasteiger partial charge in [-0.05, 0) is 37.2 Å². The van der Waals surface area contributed by atoms with E-state index in [9.17, 15) is 13.2 Å². The zero-order valence-electron chi connectivity index (χ0n) is 13.5. The molecule has 0 unspecified atom stereocenters. The fourth-order valence-corrected chi connectivity index (χ4v) is 4.50. The summed E-state index contributed by atoms with van der Waals surface area (Å²) in [5.41, 5.74) is 0.00373. The molecule has 26 heavy (non-hydrogen) atoms. The number of H-pyrrole nitrogens is 1. The average Bonchev–Trinajstić information content (AvgIpc) is 3.30. The SMILES string of the molecule is Cn1c(CNC(=O)c2cc(S(=O)(=O)NC3CC3)c(Cl)cc2Cl)n[nH]c1=S. The third kappa shape index (κ3) is 4.09. The summed E-state index contributed by atoms with van der Waals surface area (Å²) in [6.45, 7) is 0.0871. The van der Waals surface area contributed by atoms with Crippen molar-refractivity contribution in [1.82, 2.24) is 24.8 Å². The van der Waals surface area contributed by atoms with Gasteiger partial charge in [0.05, 0.1) is 22.2 Å². The van der Waals surface area contributed by atoms with E-state index >= 15 is 0 Å². The van der Waals surface area contributed by atoms with Crippen molar-refractivity contribution in [2.75, 3.05) is 0 Å². The van der Waals surface area contributed by atoms with Gasteiger partial charge in [0, 0.05) is 13.1 Å². The summed E-state index contributed by atoms with van der Waals surface area (Å²) >= 11 is 17.1. The van der Waals surface area contributed by atoms with Crippen LogP contribution in [-0.4, -0.2) is 35.1 Å². The molecule has 0 aliphatic heterocycles. The Hall–Kier alpha value is -1.46. The standard InChI is InChI=1S/C14H15Cl2N5O3S2/c1-21-12(18-19-14(21)25)6-17-13(22)8-4-11(10(16)5-9(8)15)26(23,24)20-7-2-3-7/h4-5,7,20H,2-3,6H2,1H3,(H,17,22)(H,19,25). The Kier molecular flexibility index (Phi) is 5.40. The van der Waals surface area contributed by atoms with E-state index in [4.69, 9.17) is 35.4 Å². The lowest BCUT2D eigenvalue weighted by atomic mass is 10.2. The number of benzene rings is 1. The molecule has 1 aliphatic carbocycles. The largest absolute Gasteiger partial charge is 0.345 e. The second-order valence-corrected chi connectivity index (χ2v) is 8.73. The topological polar surface area (TPSA) is 109 Å². The van der Waals surface area contributed by atoms with Gasteiger partial charge in [0.2, 0.25) is 10.0 Å². The summed E-state index contributed by atoms with van der Waals surface area (Å²) < 4.78 is 29.4. The van der Waals surface area contributed by atoms with Gasteiger partial charge in [-0.1, -0.05) is 23.2 Å². The molecule has 1 aliphatic rings. The third-order valence-electron chi connectivity index (χ3n) is 3.83. The van der Waals surface area contributed by atoms with Crippen molar-refractivity contribution in [3.05, 3.63) is 38.3 Å². The maximum atomic E-state index is 12.5. The number of amides is 1. The molecule has 3 N–H and O–H groups in total. The van der Waals surface area contributed by atoms with Gasteiger partial charge < -0.3 is 9.88 Å². The minimum absolute atomic E-state index is 0.00373.